The molecule has 2 aliphatic rings. The molecule has 2 aromatic heterocycles. The third kappa shape index (κ3) is 3.39. The van der Waals surface area contributed by atoms with E-state index >= 15 is 0 Å². The number of pyridine rings is 1. The number of ether oxygens (including phenoxy) is 1. The Morgan fingerprint density at radius 2 is 2.12 bits per heavy atom. The first-order valence-corrected chi connectivity index (χ1v) is 10.9. The summed E-state index contributed by atoms with van der Waals surface area (Å²) in [6.07, 6.45) is 3.36. The van der Waals surface area contributed by atoms with Crippen LogP contribution in [-0.4, -0.2) is 44.3 Å². The number of hydrogen-bond acceptors (Lipinski definition) is 6. The molecule has 7 nitrogen and oxygen atoms in total. The molecule has 0 aliphatic carbocycles. The third-order valence-corrected chi connectivity index (χ3v) is 6.88. The van der Waals surface area contributed by atoms with E-state index in [9.17, 15) is 23.5 Å². The lowest BCUT2D eigenvalue weighted by atomic mass is 10.1. The molecule has 1 amide bonds. The molecular weight excluding hydrogens is 440 g/mol. The second kappa shape index (κ2) is 7.79. The highest BCUT2D eigenvalue weighted by Crippen LogP contribution is 2.32. The van der Waals surface area contributed by atoms with Gasteiger partial charge in [-0.1, -0.05) is 6.07 Å². The first-order valence-electron chi connectivity index (χ1n) is 10.1. The maximum Gasteiger partial charge on any atom is 0.276 e. The van der Waals surface area contributed by atoms with Crippen LogP contribution in [-0.2, 0) is 17.7 Å². The van der Waals surface area contributed by atoms with Crippen LogP contribution in [0.2, 0.25) is 0 Å². The zero-order valence-corrected chi connectivity index (χ0v) is 17.9. The van der Waals surface area contributed by atoms with Crippen LogP contribution < -0.4 is 5.43 Å². The quantitative estimate of drug-likeness (QED) is 0.651. The van der Waals surface area contributed by atoms with Gasteiger partial charge in [-0.3, -0.25) is 9.59 Å². The Labute approximate surface area is 185 Å². The van der Waals surface area contributed by atoms with Gasteiger partial charge < -0.3 is 19.3 Å². The summed E-state index contributed by atoms with van der Waals surface area (Å²) >= 11 is 1.17. The fraction of sp³-hybridized carbons (Fsp3) is 0.318. The molecule has 0 unspecified atom stereocenters. The number of benzene rings is 1. The standard InChI is InChI=1S/C22H19F2N3O4S/c1-11-4-5-31-18-10-26-9-14(20(28)21(29)19(26)22(30)27(11)18)16-8-25-17(32-16)6-12-2-3-13(23)7-15(12)24/h2-3,7-9,11,18,29H,4-6,10H2,1H3/t11-,18+/m1/s1. The number of amides is 1. The van der Waals surface area contributed by atoms with E-state index in [2.05, 4.69) is 4.98 Å². The summed E-state index contributed by atoms with van der Waals surface area (Å²) in [5.74, 6) is -2.37. The van der Waals surface area contributed by atoms with Crippen molar-refractivity contribution in [1.82, 2.24) is 14.5 Å². The molecule has 1 N–H and O–H groups in total. The molecule has 1 aromatic carbocycles. The summed E-state index contributed by atoms with van der Waals surface area (Å²) < 4.78 is 34.4. The van der Waals surface area contributed by atoms with E-state index in [-0.39, 0.29) is 29.3 Å². The predicted molar refractivity (Wildman–Crippen MR) is 113 cm³/mol. The van der Waals surface area contributed by atoms with E-state index in [0.717, 1.165) is 6.07 Å². The first kappa shape index (κ1) is 20.8. The van der Waals surface area contributed by atoms with Gasteiger partial charge in [0.15, 0.2) is 17.7 Å². The van der Waals surface area contributed by atoms with Gasteiger partial charge >= 0.3 is 0 Å². The summed E-state index contributed by atoms with van der Waals surface area (Å²) in [5.41, 5.74) is -0.242. The van der Waals surface area contributed by atoms with Crippen LogP contribution in [0.25, 0.3) is 10.4 Å². The van der Waals surface area contributed by atoms with E-state index in [1.807, 2.05) is 6.92 Å². The average Bonchev–Trinajstić information content (AvgIpc) is 3.21. The summed E-state index contributed by atoms with van der Waals surface area (Å²) in [7, 11) is 0. The highest BCUT2D eigenvalue weighted by Gasteiger charge is 2.40. The van der Waals surface area contributed by atoms with Crippen molar-refractivity contribution in [3.8, 4) is 16.2 Å². The number of aromatic hydroxyl groups is 1. The van der Waals surface area contributed by atoms with Gasteiger partial charge in [0, 0.05) is 30.9 Å². The van der Waals surface area contributed by atoms with Crippen molar-refractivity contribution in [2.45, 2.75) is 38.6 Å². The lowest BCUT2D eigenvalue weighted by molar-refractivity contribution is -0.112. The molecule has 1 fully saturated rings. The van der Waals surface area contributed by atoms with Crippen LogP contribution >= 0.6 is 11.3 Å². The van der Waals surface area contributed by atoms with Crippen molar-refractivity contribution in [2.24, 2.45) is 0 Å². The fourth-order valence-electron chi connectivity index (χ4n) is 4.18. The van der Waals surface area contributed by atoms with Gasteiger partial charge in [0.25, 0.3) is 5.91 Å². The zero-order chi connectivity index (χ0) is 22.6. The number of thiazole rings is 1. The highest BCUT2D eigenvalue weighted by atomic mass is 32.1. The Morgan fingerprint density at radius 1 is 1.31 bits per heavy atom. The Balaban J connectivity index is 1.50. The smallest absolute Gasteiger partial charge is 0.276 e. The molecule has 0 radical (unpaired) electrons. The largest absolute Gasteiger partial charge is 0.503 e. The summed E-state index contributed by atoms with van der Waals surface area (Å²) in [6.45, 7) is 2.73. The molecule has 2 aliphatic heterocycles. The molecule has 166 valence electrons. The minimum absolute atomic E-state index is 0.0505. The zero-order valence-electron chi connectivity index (χ0n) is 17.0. The second-order valence-electron chi connectivity index (χ2n) is 7.93. The molecule has 10 heteroatoms. The van der Waals surface area contributed by atoms with E-state index < -0.39 is 34.9 Å². The van der Waals surface area contributed by atoms with E-state index in [1.54, 1.807) is 9.47 Å². The maximum absolute atomic E-state index is 14.0. The molecule has 5 rings (SSSR count). The molecule has 0 bridgehead atoms. The van der Waals surface area contributed by atoms with Crippen molar-refractivity contribution in [3.05, 3.63) is 68.7 Å². The van der Waals surface area contributed by atoms with Crippen LogP contribution in [0.1, 0.15) is 34.4 Å². The number of aromatic nitrogens is 2. The minimum atomic E-state index is -0.670. The molecule has 2 atom stereocenters. The molecule has 0 spiro atoms. The number of fused-ring (bicyclic) bond motifs is 2. The molecule has 1 saturated heterocycles. The number of carbonyl (C=O) groups is 1. The van der Waals surface area contributed by atoms with Gasteiger partial charge in [-0.15, -0.1) is 11.3 Å². The van der Waals surface area contributed by atoms with Crippen LogP contribution in [0, 0.1) is 11.6 Å². The highest BCUT2D eigenvalue weighted by molar-refractivity contribution is 7.15. The van der Waals surface area contributed by atoms with Crippen molar-refractivity contribution < 1.29 is 23.4 Å². The number of nitrogens with zero attached hydrogens (tertiary/aromatic N) is 3. The molecule has 32 heavy (non-hydrogen) atoms. The van der Waals surface area contributed by atoms with Crippen molar-refractivity contribution in [2.75, 3.05) is 6.61 Å². The van der Waals surface area contributed by atoms with Crippen molar-refractivity contribution in [1.29, 1.82) is 0 Å². The monoisotopic (exact) mass is 459 g/mol. The topological polar surface area (TPSA) is 84.7 Å². The lowest BCUT2D eigenvalue weighted by Gasteiger charge is -2.44. The summed E-state index contributed by atoms with van der Waals surface area (Å²) in [5, 5.41) is 11.1. The Kier molecular flexibility index (Phi) is 5.06. The Bertz CT molecular complexity index is 1290. The molecule has 4 heterocycles. The van der Waals surface area contributed by atoms with Crippen LogP contribution in [0.4, 0.5) is 8.78 Å². The van der Waals surface area contributed by atoms with Gasteiger partial charge in [0.2, 0.25) is 5.43 Å². The number of rotatable bonds is 3. The minimum Gasteiger partial charge on any atom is -0.503 e. The predicted octanol–water partition coefficient (Wildman–Crippen LogP) is 3.14. The average molecular weight is 459 g/mol. The van der Waals surface area contributed by atoms with E-state index in [0.29, 0.717) is 29.5 Å². The Morgan fingerprint density at radius 3 is 2.91 bits per heavy atom. The first-order chi connectivity index (χ1) is 15.3. The Hall–Kier alpha value is -3.11. The van der Waals surface area contributed by atoms with Crippen LogP contribution in [0.15, 0.2) is 35.4 Å². The van der Waals surface area contributed by atoms with Crippen LogP contribution in [0.3, 0.4) is 0 Å². The second-order valence-corrected chi connectivity index (χ2v) is 9.04. The maximum atomic E-state index is 14.0. The van der Waals surface area contributed by atoms with Gasteiger partial charge in [-0.2, -0.15) is 0 Å². The van der Waals surface area contributed by atoms with E-state index in [4.69, 9.17) is 4.74 Å². The SMILES string of the molecule is C[C@@H]1CCO[C@H]2Cn3cc(-c4cnc(Cc5ccc(F)cc5F)s4)c(=O)c(O)c3C(=O)N12. The molecular formula is C22H19F2N3O4S. The van der Waals surface area contributed by atoms with Gasteiger partial charge in [0.05, 0.1) is 28.6 Å². The number of hydrogen-bond donors (Lipinski definition) is 1. The summed E-state index contributed by atoms with van der Waals surface area (Å²) in [4.78, 5) is 32.2. The summed E-state index contributed by atoms with van der Waals surface area (Å²) in [6, 6.07) is 3.29. The fourth-order valence-corrected chi connectivity index (χ4v) is 5.13. The van der Waals surface area contributed by atoms with Crippen molar-refractivity contribution in [3.63, 3.8) is 0 Å². The number of halogens is 2. The van der Waals surface area contributed by atoms with E-state index in [1.165, 1.54) is 35.9 Å². The van der Waals surface area contributed by atoms with Gasteiger partial charge in [-0.25, -0.2) is 13.8 Å². The number of carbonyl (C=O) groups excluding carboxylic acids is 1. The third-order valence-electron chi connectivity index (χ3n) is 5.85. The lowest BCUT2D eigenvalue weighted by Crippen LogP contribution is -2.56. The van der Waals surface area contributed by atoms with Gasteiger partial charge in [-0.05, 0) is 25.0 Å². The molecule has 0 saturated carbocycles. The molecule has 3 aromatic rings. The normalized spacial score (nSPS) is 20.2. The van der Waals surface area contributed by atoms with Gasteiger partial charge in [0.1, 0.15) is 11.6 Å². The van der Waals surface area contributed by atoms with Crippen LogP contribution in [0.5, 0.6) is 5.75 Å². The van der Waals surface area contributed by atoms with Crippen molar-refractivity contribution >= 4 is 17.2 Å².